The summed E-state index contributed by atoms with van der Waals surface area (Å²) in [7, 11) is 1.77. The number of benzene rings is 1. The Balaban J connectivity index is 1.66. The lowest BCUT2D eigenvalue weighted by Crippen LogP contribution is -2.24. The Hall–Kier alpha value is -3.10. The van der Waals surface area contributed by atoms with Crippen LogP contribution in [-0.4, -0.2) is 30.2 Å². The van der Waals surface area contributed by atoms with E-state index in [0.717, 1.165) is 5.56 Å². The van der Waals surface area contributed by atoms with Gasteiger partial charge >= 0.3 is 6.55 Å². The van der Waals surface area contributed by atoms with E-state index in [9.17, 15) is 13.6 Å². The molecule has 0 saturated carbocycles. The molecule has 0 aliphatic rings. The molecule has 124 valence electrons. The number of alkyl halides is 2. The second-order valence-electron chi connectivity index (χ2n) is 5.03. The van der Waals surface area contributed by atoms with Crippen LogP contribution in [0, 0.1) is 0 Å². The second kappa shape index (κ2) is 6.57. The lowest BCUT2D eigenvalue weighted by atomic mass is 10.1. The third-order valence-electron chi connectivity index (χ3n) is 3.37. The van der Waals surface area contributed by atoms with E-state index in [1.807, 2.05) is 0 Å². The average Bonchev–Trinajstić information content (AvgIpc) is 3.21. The number of nitrogens with zero attached hydrogens (tertiary/aromatic N) is 5. The van der Waals surface area contributed by atoms with Crippen LogP contribution < -0.4 is 5.32 Å². The van der Waals surface area contributed by atoms with Crippen molar-refractivity contribution in [3.63, 3.8) is 0 Å². The summed E-state index contributed by atoms with van der Waals surface area (Å²) in [6.45, 7) is -2.77. The first-order valence-corrected chi connectivity index (χ1v) is 7.09. The fourth-order valence-corrected chi connectivity index (χ4v) is 2.16. The molecule has 0 radical (unpaired) electrons. The van der Waals surface area contributed by atoms with Crippen molar-refractivity contribution < 1.29 is 13.6 Å². The van der Waals surface area contributed by atoms with E-state index in [2.05, 4.69) is 20.4 Å². The zero-order valence-corrected chi connectivity index (χ0v) is 12.7. The van der Waals surface area contributed by atoms with Crippen molar-refractivity contribution in [3.8, 4) is 11.4 Å². The van der Waals surface area contributed by atoms with Crippen LogP contribution >= 0.6 is 0 Å². The SMILES string of the molecule is Cn1cnc(-c2ccc(C(=O)NCc3nccn3C(F)F)cc2)n1. The highest BCUT2D eigenvalue weighted by atomic mass is 19.3. The van der Waals surface area contributed by atoms with E-state index < -0.39 is 6.55 Å². The Bertz CT molecular complexity index is 840. The van der Waals surface area contributed by atoms with Gasteiger partial charge in [0.05, 0.1) is 6.54 Å². The number of halogens is 2. The standard InChI is InChI=1S/C15H14F2N6O/c1-22-9-20-13(21-22)10-2-4-11(5-3-10)14(24)19-8-12-18-6-7-23(12)15(16)17/h2-7,9,15H,8H2,1H3,(H,19,24). The first-order valence-electron chi connectivity index (χ1n) is 7.09. The maximum absolute atomic E-state index is 12.7. The molecule has 7 nitrogen and oxygen atoms in total. The molecular formula is C15H14F2N6O. The first-order chi connectivity index (χ1) is 11.5. The quantitative estimate of drug-likeness (QED) is 0.775. The number of amides is 1. The summed E-state index contributed by atoms with van der Waals surface area (Å²) in [4.78, 5) is 20.0. The van der Waals surface area contributed by atoms with Crippen molar-refractivity contribution in [3.05, 3.63) is 54.4 Å². The lowest BCUT2D eigenvalue weighted by Gasteiger charge is -2.08. The van der Waals surface area contributed by atoms with Gasteiger partial charge in [-0.15, -0.1) is 0 Å². The minimum Gasteiger partial charge on any atom is -0.345 e. The number of carbonyl (C=O) groups excluding carboxylic acids is 1. The van der Waals surface area contributed by atoms with Gasteiger partial charge in [0.15, 0.2) is 5.82 Å². The van der Waals surface area contributed by atoms with E-state index in [-0.39, 0.29) is 18.3 Å². The smallest absolute Gasteiger partial charge is 0.319 e. The fraction of sp³-hybridized carbons (Fsp3) is 0.200. The number of aromatic nitrogens is 5. The lowest BCUT2D eigenvalue weighted by molar-refractivity contribution is 0.0660. The van der Waals surface area contributed by atoms with Crippen LogP contribution in [0.15, 0.2) is 43.0 Å². The molecule has 0 bridgehead atoms. The molecular weight excluding hydrogens is 318 g/mol. The third kappa shape index (κ3) is 3.29. The normalized spacial score (nSPS) is 11.0. The van der Waals surface area contributed by atoms with E-state index in [1.54, 1.807) is 42.3 Å². The summed E-state index contributed by atoms with van der Waals surface area (Å²) in [5.74, 6) is 0.274. The zero-order valence-electron chi connectivity index (χ0n) is 12.7. The van der Waals surface area contributed by atoms with Crippen LogP contribution in [0.3, 0.4) is 0 Å². The minimum absolute atomic E-state index is 0.0836. The molecule has 1 N–H and O–H groups in total. The number of aryl methyl sites for hydroxylation is 1. The van der Waals surface area contributed by atoms with Gasteiger partial charge in [0.1, 0.15) is 12.2 Å². The summed E-state index contributed by atoms with van der Waals surface area (Å²) in [5, 5.41) is 6.74. The average molecular weight is 332 g/mol. The van der Waals surface area contributed by atoms with Crippen molar-refractivity contribution in [2.45, 2.75) is 13.1 Å². The van der Waals surface area contributed by atoms with Crippen molar-refractivity contribution in [2.75, 3.05) is 0 Å². The molecule has 1 aromatic carbocycles. The fourth-order valence-electron chi connectivity index (χ4n) is 2.16. The molecule has 0 spiro atoms. The van der Waals surface area contributed by atoms with Gasteiger partial charge in [-0.3, -0.25) is 14.0 Å². The van der Waals surface area contributed by atoms with Crippen molar-refractivity contribution in [1.82, 2.24) is 29.6 Å². The Labute approximate surface area is 136 Å². The van der Waals surface area contributed by atoms with Gasteiger partial charge in [0.25, 0.3) is 5.91 Å². The molecule has 3 rings (SSSR count). The summed E-state index contributed by atoms with van der Waals surface area (Å²) in [5.41, 5.74) is 1.19. The van der Waals surface area contributed by atoms with Crippen LogP contribution in [0.1, 0.15) is 22.7 Å². The number of rotatable bonds is 5. The monoisotopic (exact) mass is 332 g/mol. The molecule has 1 amide bonds. The third-order valence-corrected chi connectivity index (χ3v) is 3.37. The summed E-state index contributed by atoms with van der Waals surface area (Å²) < 4.78 is 27.7. The van der Waals surface area contributed by atoms with Gasteiger partial charge in [-0.25, -0.2) is 9.97 Å². The van der Waals surface area contributed by atoms with Crippen LogP contribution in [0.25, 0.3) is 11.4 Å². The number of nitrogens with one attached hydrogen (secondary N) is 1. The minimum atomic E-state index is -2.69. The van der Waals surface area contributed by atoms with Crippen molar-refractivity contribution in [2.24, 2.45) is 7.05 Å². The van der Waals surface area contributed by atoms with E-state index >= 15 is 0 Å². The molecule has 0 aliphatic heterocycles. The Kier molecular flexibility index (Phi) is 4.32. The molecule has 0 atom stereocenters. The number of carbonyl (C=O) groups is 1. The largest absolute Gasteiger partial charge is 0.345 e. The molecule has 9 heteroatoms. The van der Waals surface area contributed by atoms with Gasteiger partial charge < -0.3 is 5.32 Å². The Morgan fingerprint density at radius 2 is 2.00 bits per heavy atom. The van der Waals surface area contributed by atoms with E-state index in [1.165, 1.54) is 12.4 Å². The van der Waals surface area contributed by atoms with Crippen LogP contribution in [0.5, 0.6) is 0 Å². The molecule has 24 heavy (non-hydrogen) atoms. The van der Waals surface area contributed by atoms with Gasteiger partial charge in [-0.1, -0.05) is 12.1 Å². The number of hydrogen-bond donors (Lipinski definition) is 1. The van der Waals surface area contributed by atoms with Gasteiger partial charge in [0, 0.05) is 30.6 Å². The van der Waals surface area contributed by atoms with Crippen LogP contribution in [-0.2, 0) is 13.6 Å². The molecule has 0 saturated heterocycles. The van der Waals surface area contributed by atoms with E-state index in [4.69, 9.17) is 0 Å². The van der Waals surface area contributed by atoms with Crippen molar-refractivity contribution >= 4 is 5.91 Å². The topological polar surface area (TPSA) is 77.6 Å². The van der Waals surface area contributed by atoms with Crippen molar-refractivity contribution in [1.29, 1.82) is 0 Å². The van der Waals surface area contributed by atoms with Gasteiger partial charge in [-0.05, 0) is 12.1 Å². The number of imidazole rings is 1. The summed E-state index contributed by atoms with van der Waals surface area (Å²) in [6.07, 6.45) is 4.02. The summed E-state index contributed by atoms with van der Waals surface area (Å²) >= 11 is 0. The molecule has 3 aromatic rings. The maximum atomic E-state index is 12.7. The highest BCUT2D eigenvalue weighted by molar-refractivity contribution is 5.94. The molecule has 0 unspecified atom stereocenters. The predicted molar refractivity (Wildman–Crippen MR) is 81.1 cm³/mol. The second-order valence-corrected chi connectivity index (χ2v) is 5.03. The Morgan fingerprint density at radius 1 is 1.25 bits per heavy atom. The van der Waals surface area contributed by atoms with E-state index in [0.29, 0.717) is 16.0 Å². The highest BCUT2D eigenvalue weighted by Crippen LogP contribution is 2.15. The van der Waals surface area contributed by atoms with Crippen LogP contribution in [0.2, 0.25) is 0 Å². The molecule has 0 aliphatic carbocycles. The molecule has 2 heterocycles. The zero-order chi connectivity index (χ0) is 17.1. The van der Waals surface area contributed by atoms with Gasteiger partial charge in [-0.2, -0.15) is 13.9 Å². The summed E-state index contributed by atoms with van der Waals surface area (Å²) in [6, 6.07) is 6.70. The van der Waals surface area contributed by atoms with Gasteiger partial charge in [0.2, 0.25) is 0 Å². The number of hydrogen-bond acceptors (Lipinski definition) is 4. The first kappa shape index (κ1) is 15.8. The molecule has 2 aromatic heterocycles. The maximum Gasteiger partial charge on any atom is 0.319 e. The van der Waals surface area contributed by atoms with Crippen LogP contribution in [0.4, 0.5) is 8.78 Å². The highest BCUT2D eigenvalue weighted by Gasteiger charge is 2.13. The predicted octanol–water partition coefficient (Wildman–Crippen LogP) is 2.00. The Morgan fingerprint density at radius 3 is 2.62 bits per heavy atom. The molecule has 0 fully saturated rings.